The first-order valence-electron chi connectivity index (χ1n) is 12.7. The molecule has 0 radical (unpaired) electrons. The summed E-state index contributed by atoms with van der Waals surface area (Å²) in [6, 6.07) is 17.6. The summed E-state index contributed by atoms with van der Waals surface area (Å²) in [5.41, 5.74) is 4.59. The molecule has 3 heterocycles. The van der Waals surface area contributed by atoms with Gasteiger partial charge in [-0.1, -0.05) is 18.1 Å². The van der Waals surface area contributed by atoms with E-state index in [-0.39, 0.29) is 10.7 Å². The van der Waals surface area contributed by atoms with E-state index in [0.29, 0.717) is 16.9 Å². The molecule has 0 saturated heterocycles. The number of imidazole rings is 1. The fraction of sp³-hybridized carbons (Fsp3) is 0.129. The van der Waals surface area contributed by atoms with Crippen LogP contribution in [0.15, 0.2) is 90.2 Å². The molecule has 5 rings (SSSR count). The van der Waals surface area contributed by atoms with Gasteiger partial charge in [0.2, 0.25) is 0 Å². The highest BCUT2D eigenvalue weighted by Gasteiger charge is 2.30. The number of carbonyl (C=O) groups is 1. The number of benzene rings is 2. The zero-order valence-electron chi connectivity index (χ0n) is 23.3. The number of aryl methyl sites for hydroxylation is 1. The van der Waals surface area contributed by atoms with Crippen molar-refractivity contribution in [1.29, 1.82) is 0 Å². The zero-order valence-corrected chi connectivity index (χ0v) is 24.1. The standard InChI is InChI=1S/C24H19N3O3S.C7H7F3N2/c1-17-5-6-18(16-28)14-19(17)7-10-21-15-25-24-23(4-3-13-27(21)24)26-20-8-11-22(12-9-20)31(2,29)30;1-11-6-4-5(2-3-12-6)7(8,9)10/h3-6,8-9,11-16,26H,1-2H3;2-4H,1H3,(H,11,12). The van der Waals surface area contributed by atoms with E-state index in [1.807, 2.05) is 35.7 Å². The number of sulfone groups is 1. The Bertz CT molecular complexity index is 1940. The Balaban J connectivity index is 0.000000296. The molecule has 2 N–H and O–H groups in total. The predicted octanol–water partition coefficient (Wildman–Crippen LogP) is 6.14. The normalized spacial score (nSPS) is 11.1. The SMILES string of the molecule is CNc1cc(C(F)(F)F)ccn1.Cc1ccc(C=O)cc1C#Cc1cnc2c(Nc3ccc(S(C)(=O)=O)cc3)cccn12. The van der Waals surface area contributed by atoms with E-state index in [1.165, 1.54) is 13.3 Å². The van der Waals surface area contributed by atoms with E-state index in [4.69, 9.17) is 0 Å². The van der Waals surface area contributed by atoms with E-state index in [1.54, 1.807) is 42.6 Å². The largest absolute Gasteiger partial charge is 0.416 e. The van der Waals surface area contributed by atoms with Crippen LogP contribution in [-0.2, 0) is 16.0 Å². The number of hydrogen-bond donors (Lipinski definition) is 2. The molecule has 0 spiro atoms. The van der Waals surface area contributed by atoms with Crippen LogP contribution < -0.4 is 10.6 Å². The van der Waals surface area contributed by atoms with Crippen molar-refractivity contribution in [3.63, 3.8) is 0 Å². The number of nitrogens with one attached hydrogen (secondary N) is 2. The summed E-state index contributed by atoms with van der Waals surface area (Å²) in [7, 11) is -1.72. The Morgan fingerprint density at radius 3 is 2.37 bits per heavy atom. The molecule has 0 bridgehead atoms. The van der Waals surface area contributed by atoms with Crippen molar-refractivity contribution in [3.8, 4) is 11.8 Å². The maximum Gasteiger partial charge on any atom is 0.416 e. The third-order valence-corrected chi connectivity index (χ3v) is 7.29. The van der Waals surface area contributed by atoms with Crippen LogP contribution in [0.1, 0.15) is 32.7 Å². The van der Waals surface area contributed by atoms with Crippen molar-refractivity contribution in [1.82, 2.24) is 14.4 Å². The predicted molar refractivity (Wildman–Crippen MR) is 159 cm³/mol. The maximum atomic E-state index is 12.0. The van der Waals surface area contributed by atoms with Gasteiger partial charge in [0.05, 0.1) is 22.3 Å². The molecular weight excluding hydrogens is 579 g/mol. The van der Waals surface area contributed by atoms with Gasteiger partial charge >= 0.3 is 6.18 Å². The molecule has 0 fully saturated rings. The number of fused-ring (bicyclic) bond motifs is 1. The summed E-state index contributed by atoms with van der Waals surface area (Å²) in [5, 5.41) is 5.80. The molecule has 5 aromatic rings. The van der Waals surface area contributed by atoms with Crippen molar-refractivity contribution >= 4 is 39.0 Å². The second-order valence-corrected chi connectivity index (χ2v) is 11.3. The highest BCUT2D eigenvalue weighted by molar-refractivity contribution is 7.90. The number of anilines is 3. The van der Waals surface area contributed by atoms with Gasteiger partial charge in [0.25, 0.3) is 0 Å². The first-order valence-corrected chi connectivity index (χ1v) is 14.6. The van der Waals surface area contributed by atoms with Gasteiger partial charge in [-0.2, -0.15) is 13.2 Å². The number of aldehydes is 1. The molecule has 0 aliphatic rings. The average molecular weight is 606 g/mol. The van der Waals surface area contributed by atoms with Gasteiger partial charge in [-0.15, -0.1) is 0 Å². The lowest BCUT2D eigenvalue weighted by atomic mass is 10.1. The van der Waals surface area contributed by atoms with Crippen molar-refractivity contribution in [2.24, 2.45) is 0 Å². The molecule has 43 heavy (non-hydrogen) atoms. The molecule has 12 heteroatoms. The zero-order chi connectivity index (χ0) is 31.2. The quantitative estimate of drug-likeness (QED) is 0.183. The van der Waals surface area contributed by atoms with Crippen molar-refractivity contribution < 1.29 is 26.4 Å². The van der Waals surface area contributed by atoms with E-state index in [2.05, 4.69) is 32.4 Å². The maximum absolute atomic E-state index is 12.0. The Labute approximate surface area is 246 Å². The van der Waals surface area contributed by atoms with Gasteiger partial charge in [-0.25, -0.2) is 18.4 Å². The smallest absolute Gasteiger partial charge is 0.373 e. The second-order valence-electron chi connectivity index (χ2n) is 9.30. The van der Waals surface area contributed by atoms with Crippen LogP contribution in [0.5, 0.6) is 0 Å². The summed E-state index contributed by atoms with van der Waals surface area (Å²) in [5.74, 6) is 6.47. The minimum Gasteiger partial charge on any atom is -0.373 e. The van der Waals surface area contributed by atoms with Crippen LogP contribution in [0.4, 0.5) is 30.4 Å². The third kappa shape index (κ3) is 7.78. The lowest BCUT2D eigenvalue weighted by Crippen LogP contribution is -2.05. The molecule has 0 saturated carbocycles. The monoisotopic (exact) mass is 605 g/mol. The van der Waals surface area contributed by atoms with E-state index < -0.39 is 21.6 Å². The van der Waals surface area contributed by atoms with Crippen molar-refractivity contribution in [3.05, 3.63) is 113 Å². The first-order chi connectivity index (χ1) is 20.4. The number of aromatic nitrogens is 3. The van der Waals surface area contributed by atoms with Gasteiger partial charge in [0.1, 0.15) is 17.8 Å². The molecule has 220 valence electrons. The summed E-state index contributed by atoms with van der Waals surface area (Å²) in [6.07, 6.45) is 2.38. The van der Waals surface area contributed by atoms with Gasteiger partial charge in [0.15, 0.2) is 15.5 Å². The molecule has 0 unspecified atom stereocenters. The topological polar surface area (TPSA) is 105 Å². The lowest BCUT2D eigenvalue weighted by Gasteiger charge is -2.08. The average Bonchev–Trinajstić information content (AvgIpc) is 3.40. The van der Waals surface area contributed by atoms with Gasteiger partial charge < -0.3 is 10.6 Å². The molecule has 3 aromatic heterocycles. The van der Waals surface area contributed by atoms with Gasteiger partial charge in [0, 0.05) is 42.5 Å². The Morgan fingerprint density at radius 1 is 0.977 bits per heavy atom. The number of nitrogens with zero attached hydrogens (tertiary/aromatic N) is 3. The molecule has 0 aliphatic carbocycles. The lowest BCUT2D eigenvalue weighted by molar-refractivity contribution is -0.137. The fourth-order valence-electron chi connectivity index (χ4n) is 3.86. The summed E-state index contributed by atoms with van der Waals surface area (Å²) >= 11 is 0. The number of pyridine rings is 2. The van der Waals surface area contributed by atoms with Crippen LogP contribution in [0.3, 0.4) is 0 Å². The Hall–Kier alpha value is -5.15. The first kappa shape index (κ1) is 30.8. The highest BCUT2D eigenvalue weighted by Crippen LogP contribution is 2.29. The summed E-state index contributed by atoms with van der Waals surface area (Å²) < 4.78 is 61.3. The van der Waals surface area contributed by atoms with Crippen molar-refractivity contribution in [2.45, 2.75) is 18.0 Å². The summed E-state index contributed by atoms with van der Waals surface area (Å²) in [6.45, 7) is 1.95. The van der Waals surface area contributed by atoms with Crippen LogP contribution in [0, 0.1) is 18.8 Å². The molecule has 2 aromatic carbocycles. The van der Waals surface area contributed by atoms with Crippen molar-refractivity contribution in [2.75, 3.05) is 23.9 Å². The third-order valence-electron chi connectivity index (χ3n) is 6.16. The van der Waals surface area contributed by atoms with Crippen LogP contribution >= 0.6 is 0 Å². The van der Waals surface area contributed by atoms with Crippen LogP contribution in [0.2, 0.25) is 0 Å². The summed E-state index contributed by atoms with van der Waals surface area (Å²) in [4.78, 5) is 19.4. The number of halogens is 3. The van der Waals surface area contributed by atoms with E-state index in [9.17, 15) is 26.4 Å². The molecule has 0 aliphatic heterocycles. The van der Waals surface area contributed by atoms with E-state index in [0.717, 1.165) is 47.1 Å². The number of carbonyl (C=O) groups excluding carboxylic acids is 1. The molecule has 0 amide bonds. The van der Waals surface area contributed by atoms with Gasteiger partial charge in [-0.05, 0) is 73.0 Å². The van der Waals surface area contributed by atoms with Crippen LogP contribution in [0.25, 0.3) is 5.65 Å². The molecule has 0 atom stereocenters. The fourth-order valence-corrected chi connectivity index (χ4v) is 4.49. The minimum absolute atomic E-state index is 0.213. The van der Waals surface area contributed by atoms with Gasteiger partial charge in [-0.3, -0.25) is 9.20 Å². The number of rotatable bonds is 5. The number of alkyl halides is 3. The Morgan fingerprint density at radius 2 is 1.72 bits per heavy atom. The highest BCUT2D eigenvalue weighted by atomic mass is 32.2. The minimum atomic E-state index is -4.30. The second kappa shape index (κ2) is 12.8. The van der Waals surface area contributed by atoms with Crippen LogP contribution in [-0.4, -0.2) is 42.4 Å². The molecular formula is C31H26F3N5O3S. The number of hydrogen-bond acceptors (Lipinski definition) is 7. The van der Waals surface area contributed by atoms with E-state index >= 15 is 0 Å². The Kier molecular flexibility index (Phi) is 9.16. The molecule has 8 nitrogen and oxygen atoms in total.